The average molecular weight is 157 g/mol. The first kappa shape index (κ1) is 8.97. The summed E-state index contributed by atoms with van der Waals surface area (Å²) in [6, 6.07) is 0.192. The van der Waals surface area contributed by atoms with E-state index in [0.29, 0.717) is 0 Å². The van der Waals surface area contributed by atoms with E-state index in [0.717, 1.165) is 26.2 Å². The molecule has 0 amide bonds. The fourth-order valence-electron chi connectivity index (χ4n) is 1.33. The minimum absolute atomic E-state index is 0.192. The van der Waals surface area contributed by atoms with Crippen LogP contribution in [0.2, 0.25) is 0 Å². The Morgan fingerprint density at radius 2 is 2.00 bits per heavy atom. The van der Waals surface area contributed by atoms with Crippen LogP contribution in [-0.2, 0) is 0 Å². The first-order chi connectivity index (χ1) is 5.22. The molecule has 1 aliphatic rings. The smallest absolute Gasteiger partial charge is 0.0693 e. The Bertz CT molecular complexity index is 111. The molecule has 1 radical (unpaired) electrons. The minimum atomic E-state index is -0.465. The Balaban J connectivity index is 2.32. The predicted molar refractivity (Wildman–Crippen MR) is 45.3 cm³/mol. The summed E-state index contributed by atoms with van der Waals surface area (Å²) in [6.07, 6.45) is -0.465. The number of hydrogen-bond donors (Lipinski definition) is 2. The lowest BCUT2D eigenvalue weighted by Crippen LogP contribution is -2.50. The van der Waals surface area contributed by atoms with Crippen LogP contribution in [0.3, 0.4) is 0 Å². The lowest BCUT2D eigenvalue weighted by Gasteiger charge is -2.34. The maximum Gasteiger partial charge on any atom is 0.0693 e. The average Bonchev–Trinajstić information content (AvgIpc) is 2.05. The van der Waals surface area contributed by atoms with Crippen LogP contribution < -0.4 is 5.32 Å². The Labute approximate surface area is 68.4 Å². The summed E-state index contributed by atoms with van der Waals surface area (Å²) < 4.78 is 0. The van der Waals surface area contributed by atoms with E-state index in [1.807, 2.05) is 6.92 Å². The number of nitrogens with zero attached hydrogens (tertiary/aromatic N) is 1. The van der Waals surface area contributed by atoms with Gasteiger partial charge < -0.3 is 10.4 Å². The Kier molecular flexibility index (Phi) is 3.30. The van der Waals surface area contributed by atoms with Gasteiger partial charge in [-0.15, -0.1) is 0 Å². The third kappa shape index (κ3) is 2.43. The molecule has 3 nitrogen and oxygen atoms in total. The molecule has 1 saturated heterocycles. The van der Waals surface area contributed by atoms with E-state index in [9.17, 15) is 5.11 Å². The second kappa shape index (κ2) is 4.04. The molecule has 11 heavy (non-hydrogen) atoms. The van der Waals surface area contributed by atoms with E-state index < -0.39 is 6.10 Å². The zero-order valence-corrected chi connectivity index (χ0v) is 7.08. The quantitative estimate of drug-likeness (QED) is 0.566. The summed E-state index contributed by atoms with van der Waals surface area (Å²) >= 11 is 0. The number of aliphatic hydroxyl groups excluding tert-OH is 1. The topological polar surface area (TPSA) is 35.5 Å². The van der Waals surface area contributed by atoms with Crippen LogP contribution in [-0.4, -0.2) is 48.3 Å². The van der Waals surface area contributed by atoms with Gasteiger partial charge in [0.2, 0.25) is 0 Å². The Morgan fingerprint density at radius 3 is 2.45 bits per heavy atom. The highest BCUT2D eigenvalue weighted by Crippen LogP contribution is 2.04. The molecule has 2 atom stereocenters. The second-order valence-electron chi connectivity index (χ2n) is 3.09. The van der Waals surface area contributed by atoms with Gasteiger partial charge in [-0.2, -0.15) is 0 Å². The predicted octanol–water partition coefficient (Wildman–Crippen LogP) is -0.525. The molecule has 65 valence electrons. The molecule has 1 rings (SSSR count). The fraction of sp³-hybridized carbons (Fsp3) is 0.875. The van der Waals surface area contributed by atoms with Crippen molar-refractivity contribution in [1.82, 2.24) is 10.2 Å². The number of rotatable bonds is 2. The maximum atomic E-state index is 9.20. The highest BCUT2D eigenvalue weighted by molar-refractivity contribution is 4.79. The summed E-state index contributed by atoms with van der Waals surface area (Å²) in [5.74, 6) is 0. The summed E-state index contributed by atoms with van der Waals surface area (Å²) in [4.78, 5) is 2.26. The molecule has 0 spiro atoms. The van der Waals surface area contributed by atoms with Gasteiger partial charge in [0.15, 0.2) is 0 Å². The second-order valence-corrected chi connectivity index (χ2v) is 3.09. The number of nitrogens with one attached hydrogen (secondary N) is 1. The van der Waals surface area contributed by atoms with Gasteiger partial charge in [0.05, 0.1) is 6.10 Å². The van der Waals surface area contributed by atoms with Gasteiger partial charge in [-0.25, -0.2) is 0 Å². The molecule has 0 aliphatic carbocycles. The molecular formula is C8H17N2O. The highest BCUT2D eigenvalue weighted by atomic mass is 16.3. The summed E-state index contributed by atoms with van der Waals surface area (Å²) in [5.41, 5.74) is 0. The molecule has 0 aromatic carbocycles. The van der Waals surface area contributed by atoms with Crippen molar-refractivity contribution in [3.05, 3.63) is 6.92 Å². The Hall–Kier alpha value is -0.120. The lowest BCUT2D eigenvalue weighted by atomic mass is 10.1. The van der Waals surface area contributed by atoms with Crippen molar-refractivity contribution in [2.45, 2.75) is 19.1 Å². The highest BCUT2D eigenvalue weighted by Gasteiger charge is 2.19. The van der Waals surface area contributed by atoms with Gasteiger partial charge >= 0.3 is 0 Å². The van der Waals surface area contributed by atoms with E-state index in [4.69, 9.17) is 0 Å². The molecule has 2 N–H and O–H groups in total. The van der Waals surface area contributed by atoms with Gasteiger partial charge in [-0.3, -0.25) is 4.90 Å². The number of piperazine rings is 1. The van der Waals surface area contributed by atoms with Crippen LogP contribution in [0.4, 0.5) is 0 Å². The summed E-state index contributed by atoms with van der Waals surface area (Å²) in [7, 11) is 0. The van der Waals surface area contributed by atoms with Crippen LogP contribution in [0.1, 0.15) is 6.92 Å². The molecule has 1 aliphatic heterocycles. The van der Waals surface area contributed by atoms with E-state index in [-0.39, 0.29) is 6.04 Å². The molecule has 1 fully saturated rings. The van der Waals surface area contributed by atoms with Crippen molar-refractivity contribution < 1.29 is 5.11 Å². The molecule has 0 bridgehead atoms. The van der Waals surface area contributed by atoms with Crippen molar-refractivity contribution >= 4 is 0 Å². The van der Waals surface area contributed by atoms with Gasteiger partial charge in [-0.1, -0.05) is 0 Å². The van der Waals surface area contributed by atoms with Crippen molar-refractivity contribution in [2.24, 2.45) is 0 Å². The van der Waals surface area contributed by atoms with Crippen LogP contribution >= 0.6 is 0 Å². The largest absolute Gasteiger partial charge is 0.392 e. The maximum absolute atomic E-state index is 9.20. The lowest BCUT2D eigenvalue weighted by molar-refractivity contribution is 0.0784. The zero-order valence-electron chi connectivity index (χ0n) is 7.08. The number of hydrogen-bond acceptors (Lipinski definition) is 3. The van der Waals surface area contributed by atoms with Crippen LogP contribution in [0.25, 0.3) is 0 Å². The van der Waals surface area contributed by atoms with Gasteiger partial charge in [0.25, 0.3) is 0 Å². The zero-order chi connectivity index (χ0) is 8.27. The van der Waals surface area contributed by atoms with E-state index in [1.165, 1.54) is 0 Å². The standard InChI is InChI=1S/C8H17N2O/c1-7(8(2)11)10-5-3-9-4-6-10/h7-9,11H,2-6H2,1H3. The normalized spacial score (nSPS) is 26.5. The molecule has 2 unspecified atom stereocenters. The van der Waals surface area contributed by atoms with Crippen molar-refractivity contribution in [3.63, 3.8) is 0 Å². The minimum Gasteiger partial charge on any atom is -0.392 e. The van der Waals surface area contributed by atoms with Crippen molar-refractivity contribution in [1.29, 1.82) is 0 Å². The first-order valence-electron chi connectivity index (χ1n) is 4.17. The van der Waals surface area contributed by atoms with E-state index >= 15 is 0 Å². The van der Waals surface area contributed by atoms with E-state index in [1.54, 1.807) is 0 Å². The molecule has 1 heterocycles. The molecule has 0 aromatic heterocycles. The third-order valence-electron chi connectivity index (χ3n) is 2.28. The Morgan fingerprint density at radius 1 is 1.45 bits per heavy atom. The fourth-order valence-corrected chi connectivity index (χ4v) is 1.33. The molecule has 3 heteroatoms. The molecular weight excluding hydrogens is 140 g/mol. The van der Waals surface area contributed by atoms with Crippen molar-refractivity contribution in [3.8, 4) is 0 Å². The van der Waals surface area contributed by atoms with Gasteiger partial charge in [0, 0.05) is 32.2 Å². The monoisotopic (exact) mass is 157 g/mol. The van der Waals surface area contributed by atoms with Crippen LogP contribution in [0.5, 0.6) is 0 Å². The molecule has 0 saturated carbocycles. The van der Waals surface area contributed by atoms with Gasteiger partial charge in [0.1, 0.15) is 0 Å². The summed E-state index contributed by atoms with van der Waals surface area (Å²) in [5, 5.41) is 12.5. The van der Waals surface area contributed by atoms with E-state index in [2.05, 4.69) is 17.1 Å². The SMILES string of the molecule is [CH2]C(O)C(C)N1CCNCC1. The number of aliphatic hydroxyl groups is 1. The van der Waals surface area contributed by atoms with Crippen LogP contribution in [0.15, 0.2) is 0 Å². The summed E-state index contributed by atoms with van der Waals surface area (Å²) in [6.45, 7) is 9.72. The van der Waals surface area contributed by atoms with Crippen molar-refractivity contribution in [2.75, 3.05) is 26.2 Å². The van der Waals surface area contributed by atoms with Gasteiger partial charge in [-0.05, 0) is 13.8 Å². The van der Waals surface area contributed by atoms with Crippen LogP contribution in [0, 0.1) is 6.92 Å². The molecule has 0 aromatic rings. The first-order valence-corrected chi connectivity index (χ1v) is 4.17. The third-order valence-corrected chi connectivity index (χ3v) is 2.28.